The zero-order valence-corrected chi connectivity index (χ0v) is 15.7. The van der Waals surface area contributed by atoms with Crippen LogP contribution in [0.1, 0.15) is 37.3 Å². The predicted octanol–water partition coefficient (Wildman–Crippen LogP) is 3.90. The number of halogens is 1. The molecule has 4 atom stereocenters. The van der Waals surface area contributed by atoms with Gasteiger partial charge in [0.05, 0.1) is 12.1 Å². The maximum Gasteiger partial charge on any atom is 0.123 e. The Balaban J connectivity index is 1.27. The number of hydrogen-bond acceptors (Lipinski definition) is 3. The van der Waals surface area contributed by atoms with Crippen molar-refractivity contribution in [3.05, 3.63) is 54.1 Å². The summed E-state index contributed by atoms with van der Waals surface area (Å²) in [6, 6.07) is 9.37. The Morgan fingerprint density at radius 2 is 1.96 bits per heavy atom. The highest BCUT2D eigenvalue weighted by Gasteiger charge is 2.43. The maximum absolute atomic E-state index is 13.5. The molecule has 1 saturated heterocycles. The Bertz CT molecular complexity index is 761. The average Bonchev–Trinajstić information content (AvgIpc) is 3.16. The van der Waals surface area contributed by atoms with Crippen molar-refractivity contribution < 1.29 is 9.13 Å². The van der Waals surface area contributed by atoms with E-state index in [2.05, 4.69) is 20.9 Å². The van der Waals surface area contributed by atoms with Gasteiger partial charge in [-0.2, -0.15) is 5.10 Å². The van der Waals surface area contributed by atoms with Crippen LogP contribution in [-0.2, 0) is 11.3 Å². The molecule has 2 heterocycles. The van der Waals surface area contributed by atoms with Gasteiger partial charge >= 0.3 is 0 Å². The molecule has 3 fully saturated rings. The maximum atomic E-state index is 13.5. The lowest BCUT2D eigenvalue weighted by Crippen LogP contribution is -2.38. The van der Waals surface area contributed by atoms with Crippen molar-refractivity contribution in [3.8, 4) is 0 Å². The van der Waals surface area contributed by atoms with Crippen molar-refractivity contribution in [2.24, 2.45) is 17.8 Å². The number of benzene rings is 1. The van der Waals surface area contributed by atoms with Crippen molar-refractivity contribution >= 4 is 0 Å². The molecule has 1 aromatic carbocycles. The van der Waals surface area contributed by atoms with E-state index in [1.165, 1.54) is 18.9 Å². The van der Waals surface area contributed by atoms with Crippen molar-refractivity contribution in [2.45, 2.75) is 44.4 Å². The molecule has 2 aromatic rings. The summed E-state index contributed by atoms with van der Waals surface area (Å²) in [5.41, 5.74) is 1.07. The second-order valence-corrected chi connectivity index (χ2v) is 8.68. The van der Waals surface area contributed by atoms with E-state index in [1.807, 2.05) is 24.4 Å². The zero-order valence-electron chi connectivity index (χ0n) is 15.7. The number of rotatable bonds is 6. The Labute approximate surface area is 160 Å². The normalized spacial score (nSPS) is 31.1. The Morgan fingerprint density at radius 3 is 2.70 bits per heavy atom. The minimum atomic E-state index is -0.142. The topological polar surface area (TPSA) is 30.3 Å². The van der Waals surface area contributed by atoms with Crippen molar-refractivity contribution in [1.82, 2.24) is 14.7 Å². The van der Waals surface area contributed by atoms with Gasteiger partial charge in [0.15, 0.2) is 0 Å². The molecule has 4 nitrogen and oxygen atoms in total. The minimum absolute atomic E-state index is 0.142. The molecule has 0 unspecified atom stereocenters. The molecule has 1 aromatic heterocycles. The van der Waals surface area contributed by atoms with E-state index in [0.717, 1.165) is 50.6 Å². The quantitative estimate of drug-likeness (QED) is 0.774. The molecule has 1 aliphatic heterocycles. The van der Waals surface area contributed by atoms with Crippen molar-refractivity contribution in [3.63, 3.8) is 0 Å². The molecule has 0 amide bonds. The number of ether oxygens (including phenoxy) is 1. The first-order chi connectivity index (χ1) is 13.2. The van der Waals surface area contributed by atoms with Crippen LogP contribution in [0.5, 0.6) is 0 Å². The smallest absolute Gasteiger partial charge is 0.123 e. The third-order valence-electron chi connectivity index (χ3n) is 6.56. The van der Waals surface area contributed by atoms with Gasteiger partial charge in [-0.05, 0) is 67.2 Å². The molecule has 5 rings (SSSR count). The summed E-state index contributed by atoms with van der Waals surface area (Å²) in [5.74, 6) is 1.99. The lowest BCUT2D eigenvalue weighted by atomic mass is 9.77. The summed E-state index contributed by atoms with van der Waals surface area (Å²) >= 11 is 0. The average molecular weight is 369 g/mol. The van der Waals surface area contributed by atoms with Crippen LogP contribution in [0.3, 0.4) is 0 Å². The van der Waals surface area contributed by atoms with E-state index in [1.54, 1.807) is 6.07 Å². The second kappa shape index (κ2) is 7.36. The summed E-state index contributed by atoms with van der Waals surface area (Å²) in [7, 11) is 0. The fourth-order valence-electron chi connectivity index (χ4n) is 4.99. The highest BCUT2D eigenvalue weighted by atomic mass is 19.1. The molecular weight excluding hydrogens is 341 g/mol. The SMILES string of the molecule is Fc1cccc(CN2C[C@H]3C[C@H](OCC4CC4)[C@@H](n4cccn4)C[C@H]3C2)c1. The van der Waals surface area contributed by atoms with Gasteiger partial charge in [-0.15, -0.1) is 0 Å². The van der Waals surface area contributed by atoms with Gasteiger partial charge in [-0.1, -0.05) is 12.1 Å². The third kappa shape index (κ3) is 3.94. The monoisotopic (exact) mass is 369 g/mol. The Kier molecular flexibility index (Phi) is 4.74. The summed E-state index contributed by atoms with van der Waals surface area (Å²) in [5, 5.41) is 4.52. The number of hydrogen-bond donors (Lipinski definition) is 0. The molecule has 0 radical (unpaired) electrons. The summed E-state index contributed by atoms with van der Waals surface area (Å²) < 4.78 is 22.0. The van der Waals surface area contributed by atoms with Crippen LogP contribution in [0.4, 0.5) is 4.39 Å². The summed E-state index contributed by atoms with van der Waals surface area (Å²) in [6.45, 7) is 3.93. The predicted molar refractivity (Wildman–Crippen MR) is 102 cm³/mol. The molecule has 3 aliphatic rings. The number of aromatic nitrogens is 2. The number of nitrogens with zero attached hydrogens (tertiary/aromatic N) is 3. The van der Waals surface area contributed by atoms with E-state index in [4.69, 9.17) is 4.74 Å². The molecule has 27 heavy (non-hydrogen) atoms. The number of fused-ring (bicyclic) bond motifs is 1. The lowest BCUT2D eigenvalue weighted by Gasteiger charge is -2.38. The highest BCUT2D eigenvalue weighted by Crippen LogP contribution is 2.43. The zero-order chi connectivity index (χ0) is 18.2. The highest BCUT2D eigenvalue weighted by molar-refractivity contribution is 5.16. The van der Waals surface area contributed by atoms with Crippen LogP contribution >= 0.6 is 0 Å². The molecule has 2 aliphatic carbocycles. The van der Waals surface area contributed by atoms with Crippen molar-refractivity contribution in [1.29, 1.82) is 0 Å². The standard InChI is InChI=1S/C22H28FN3O/c23-20-4-1-3-17(9-20)12-25-13-18-10-21(26-8-2-7-24-26)22(11-19(18)14-25)27-15-16-5-6-16/h1-4,7-9,16,18-19,21-22H,5-6,10-15H2/t18-,19+,21-,22-/m0/s1. The van der Waals surface area contributed by atoms with Gasteiger partial charge in [0.2, 0.25) is 0 Å². The summed E-state index contributed by atoms with van der Waals surface area (Å²) in [6.07, 6.45) is 9.11. The fraction of sp³-hybridized carbons (Fsp3) is 0.591. The van der Waals surface area contributed by atoms with E-state index in [-0.39, 0.29) is 11.9 Å². The van der Waals surface area contributed by atoms with Crippen LogP contribution in [0.25, 0.3) is 0 Å². The second-order valence-electron chi connectivity index (χ2n) is 8.68. The van der Waals surface area contributed by atoms with E-state index < -0.39 is 0 Å². The van der Waals surface area contributed by atoms with Gasteiger partial charge in [0.1, 0.15) is 5.82 Å². The van der Waals surface area contributed by atoms with Crippen LogP contribution in [-0.4, -0.2) is 40.5 Å². The molecule has 0 bridgehead atoms. The van der Waals surface area contributed by atoms with Gasteiger partial charge in [0, 0.05) is 38.6 Å². The Morgan fingerprint density at radius 1 is 1.11 bits per heavy atom. The van der Waals surface area contributed by atoms with Gasteiger partial charge in [-0.3, -0.25) is 9.58 Å². The first-order valence-electron chi connectivity index (χ1n) is 10.3. The third-order valence-corrected chi connectivity index (χ3v) is 6.56. The summed E-state index contributed by atoms with van der Waals surface area (Å²) in [4.78, 5) is 2.49. The fourth-order valence-corrected chi connectivity index (χ4v) is 4.99. The van der Waals surface area contributed by atoms with Crippen molar-refractivity contribution in [2.75, 3.05) is 19.7 Å². The Hall–Kier alpha value is -1.72. The lowest BCUT2D eigenvalue weighted by molar-refractivity contribution is -0.0371. The van der Waals surface area contributed by atoms with Crippen LogP contribution in [0, 0.1) is 23.6 Å². The molecule has 2 saturated carbocycles. The van der Waals surface area contributed by atoms with Gasteiger partial charge < -0.3 is 4.74 Å². The van der Waals surface area contributed by atoms with Gasteiger partial charge in [0.25, 0.3) is 0 Å². The molecule has 5 heteroatoms. The molecule has 0 N–H and O–H groups in total. The van der Waals surface area contributed by atoms with E-state index >= 15 is 0 Å². The van der Waals surface area contributed by atoms with E-state index in [0.29, 0.717) is 17.9 Å². The molecule has 0 spiro atoms. The van der Waals surface area contributed by atoms with Crippen LogP contribution < -0.4 is 0 Å². The molecule has 144 valence electrons. The largest absolute Gasteiger partial charge is 0.376 e. The van der Waals surface area contributed by atoms with E-state index in [9.17, 15) is 4.39 Å². The minimum Gasteiger partial charge on any atom is -0.376 e. The molecular formula is C22H28FN3O. The first-order valence-corrected chi connectivity index (χ1v) is 10.3. The first kappa shape index (κ1) is 17.4. The van der Waals surface area contributed by atoms with Gasteiger partial charge in [-0.25, -0.2) is 4.39 Å². The van der Waals surface area contributed by atoms with Crippen LogP contribution in [0.15, 0.2) is 42.7 Å². The number of likely N-dealkylation sites (tertiary alicyclic amines) is 1. The van der Waals surface area contributed by atoms with Crippen LogP contribution in [0.2, 0.25) is 0 Å².